The highest BCUT2D eigenvalue weighted by Gasteiger charge is 2.06. The number of benzene rings is 1. The van der Waals surface area contributed by atoms with Crippen LogP contribution in [0.3, 0.4) is 0 Å². The predicted octanol–water partition coefficient (Wildman–Crippen LogP) is 3.03. The summed E-state index contributed by atoms with van der Waals surface area (Å²) in [6.07, 6.45) is 3.99. The average Bonchev–Trinajstić information content (AvgIpc) is 2.52. The van der Waals surface area contributed by atoms with Crippen LogP contribution in [0, 0.1) is 0 Å². The molecule has 0 spiro atoms. The van der Waals surface area contributed by atoms with Crippen molar-refractivity contribution in [2.24, 2.45) is 4.99 Å². The van der Waals surface area contributed by atoms with Crippen molar-refractivity contribution in [3.8, 4) is 0 Å². The van der Waals surface area contributed by atoms with Gasteiger partial charge in [0, 0.05) is 49.5 Å². The lowest BCUT2D eigenvalue weighted by Crippen LogP contribution is -2.40. The number of nitrogens with zero attached hydrogens (tertiary/aromatic N) is 2. The van der Waals surface area contributed by atoms with Crippen molar-refractivity contribution in [2.75, 3.05) is 32.9 Å². The minimum atomic E-state index is -0.859. The molecule has 6 heteroatoms. The van der Waals surface area contributed by atoms with E-state index in [1.807, 2.05) is 43.5 Å². The van der Waals surface area contributed by atoms with Crippen LogP contribution in [0.1, 0.15) is 18.4 Å². The van der Waals surface area contributed by atoms with E-state index in [0.29, 0.717) is 18.1 Å². The fourth-order valence-corrected chi connectivity index (χ4v) is 3.11. The molecular formula is C17H28IN3OS. The van der Waals surface area contributed by atoms with Crippen LogP contribution in [0.15, 0.2) is 48.0 Å². The number of hydrogen-bond donors (Lipinski definition) is 1. The Bertz CT molecular complexity index is 494. The van der Waals surface area contributed by atoms with Crippen molar-refractivity contribution in [2.45, 2.75) is 18.6 Å². The molecule has 130 valence electrons. The first-order valence-electron chi connectivity index (χ1n) is 7.59. The van der Waals surface area contributed by atoms with Gasteiger partial charge in [0.1, 0.15) is 0 Å². The summed E-state index contributed by atoms with van der Waals surface area (Å²) >= 11 is 0. The zero-order valence-corrected chi connectivity index (χ0v) is 17.2. The second-order valence-corrected chi connectivity index (χ2v) is 6.68. The molecule has 0 aliphatic carbocycles. The molecule has 1 rings (SSSR count). The normalized spacial score (nSPS) is 12.2. The number of aliphatic imine (C=N–C) groups is 1. The molecule has 0 bridgehead atoms. The first kappa shape index (κ1) is 22.1. The van der Waals surface area contributed by atoms with Crippen LogP contribution < -0.4 is 5.32 Å². The summed E-state index contributed by atoms with van der Waals surface area (Å²) in [6, 6.07) is 9.95. The Kier molecular flexibility index (Phi) is 13.0. The number of rotatable bonds is 9. The van der Waals surface area contributed by atoms with Crippen LogP contribution in [0.2, 0.25) is 0 Å². The fourth-order valence-electron chi connectivity index (χ4n) is 2.07. The van der Waals surface area contributed by atoms with Gasteiger partial charge in [0.05, 0.1) is 0 Å². The molecule has 4 nitrogen and oxygen atoms in total. The van der Waals surface area contributed by atoms with Gasteiger partial charge in [-0.3, -0.25) is 9.20 Å². The highest BCUT2D eigenvalue weighted by atomic mass is 127. The van der Waals surface area contributed by atoms with E-state index in [4.69, 9.17) is 0 Å². The van der Waals surface area contributed by atoms with Gasteiger partial charge < -0.3 is 10.2 Å². The molecule has 0 amide bonds. The second-order valence-electron chi connectivity index (χ2n) is 5.10. The van der Waals surface area contributed by atoms with Crippen LogP contribution in [-0.2, 0) is 16.6 Å². The van der Waals surface area contributed by atoms with Crippen molar-refractivity contribution in [1.82, 2.24) is 10.2 Å². The van der Waals surface area contributed by atoms with Gasteiger partial charge in [0.15, 0.2) is 5.96 Å². The lowest BCUT2D eigenvalue weighted by molar-refractivity contribution is 0.472. The van der Waals surface area contributed by atoms with Gasteiger partial charge in [0.2, 0.25) is 0 Å². The van der Waals surface area contributed by atoms with Gasteiger partial charge in [-0.25, -0.2) is 0 Å². The van der Waals surface area contributed by atoms with Gasteiger partial charge in [-0.1, -0.05) is 36.4 Å². The van der Waals surface area contributed by atoms with Crippen LogP contribution in [0.5, 0.6) is 0 Å². The number of unbranched alkanes of at least 4 members (excludes halogenated alkanes) is 1. The minimum Gasteiger partial charge on any atom is -0.355 e. The first-order chi connectivity index (χ1) is 10.7. The summed E-state index contributed by atoms with van der Waals surface area (Å²) in [5.41, 5.74) is 1.12. The van der Waals surface area contributed by atoms with Gasteiger partial charge in [-0.15, -0.1) is 30.6 Å². The molecule has 0 heterocycles. The monoisotopic (exact) mass is 449 g/mol. The van der Waals surface area contributed by atoms with E-state index >= 15 is 0 Å². The highest BCUT2D eigenvalue weighted by molar-refractivity contribution is 14.0. The zero-order chi connectivity index (χ0) is 16.2. The molecule has 1 N–H and O–H groups in total. The summed E-state index contributed by atoms with van der Waals surface area (Å²) in [5, 5.41) is 3.27. The number of halogens is 1. The Hall–Kier alpha value is -0.890. The molecule has 1 aromatic carbocycles. The third-order valence-corrected chi connectivity index (χ3v) is 4.57. The molecule has 0 saturated carbocycles. The first-order valence-corrected chi connectivity index (χ1v) is 9.07. The Morgan fingerprint density at radius 2 is 2.09 bits per heavy atom. The van der Waals surface area contributed by atoms with Crippen molar-refractivity contribution in [3.05, 3.63) is 48.6 Å². The lowest BCUT2D eigenvalue weighted by atomic mass is 10.2. The molecule has 0 aliphatic rings. The van der Waals surface area contributed by atoms with Crippen molar-refractivity contribution in [3.63, 3.8) is 0 Å². The number of guanidine groups is 1. The molecule has 0 aliphatic heterocycles. The molecule has 23 heavy (non-hydrogen) atoms. The average molecular weight is 449 g/mol. The Labute approximate surface area is 159 Å². The van der Waals surface area contributed by atoms with Gasteiger partial charge in [-0.2, -0.15) is 0 Å². The molecule has 0 radical (unpaired) electrons. The minimum absolute atomic E-state index is 0. The van der Waals surface area contributed by atoms with E-state index in [-0.39, 0.29) is 24.0 Å². The largest absolute Gasteiger partial charge is 0.355 e. The molecular weight excluding hydrogens is 421 g/mol. The summed E-state index contributed by atoms with van der Waals surface area (Å²) in [4.78, 5) is 6.34. The quantitative estimate of drug-likeness (QED) is 0.207. The smallest absolute Gasteiger partial charge is 0.193 e. The second kappa shape index (κ2) is 13.5. The van der Waals surface area contributed by atoms with Gasteiger partial charge >= 0.3 is 0 Å². The summed E-state index contributed by atoms with van der Waals surface area (Å²) in [7, 11) is 2.93. The summed E-state index contributed by atoms with van der Waals surface area (Å²) < 4.78 is 12.1. The van der Waals surface area contributed by atoms with E-state index < -0.39 is 10.8 Å². The van der Waals surface area contributed by atoms with Crippen molar-refractivity contribution in [1.29, 1.82) is 0 Å². The third-order valence-electron chi connectivity index (χ3n) is 3.26. The van der Waals surface area contributed by atoms with E-state index in [1.54, 1.807) is 7.05 Å². The van der Waals surface area contributed by atoms with E-state index in [1.165, 1.54) is 0 Å². The van der Waals surface area contributed by atoms with Gasteiger partial charge in [0.25, 0.3) is 0 Å². The topological polar surface area (TPSA) is 44.7 Å². The van der Waals surface area contributed by atoms with Gasteiger partial charge in [-0.05, 0) is 18.4 Å². The summed E-state index contributed by atoms with van der Waals surface area (Å²) in [6.45, 7) is 5.32. The summed E-state index contributed by atoms with van der Waals surface area (Å²) in [5.74, 6) is 2.07. The number of nitrogens with one attached hydrogen (secondary N) is 1. The molecule has 1 unspecified atom stereocenters. The lowest BCUT2D eigenvalue weighted by Gasteiger charge is -2.21. The van der Waals surface area contributed by atoms with Crippen molar-refractivity contribution >= 4 is 40.7 Å². The fraction of sp³-hybridized carbons (Fsp3) is 0.471. The molecule has 1 atom stereocenters. The maximum atomic E-state index is 12.1. The zero-order valence-electron chi connectivity index (χ0n) is 14.0. The number of allylic oxidation sites excluding steroid dienone is 1. The Morgan fingerprint density at radius 1 is 1.39 bits per heavy atom. The molecule has 0 fully saturated rings. The van der Waals surface area contributed by atoms with E-state index in [9.17, 15) is 4.21 Å². The predicted molar refractivity (Wildman–Crippen MR) is 112 cm³/mol. The van der Waals surface area contributed by atoms with E-state index in [0.717, 1.165) is 30.9 Å². The standard InChI is InChI=1S/C17H27N3OS.HI/c1-4-5-9-13-20(3)17(18-2)19-12-14-22(21)15-16-10-7-6-8-11-16;/h4,6-8,10-11H,1,5,9,12-15H2,2-3H3,(H,18,19);1H. The molecule has 0 saturated heterocycles. The SMILES string of the molecule is C=CCCCN(C)C(=NC)NCCS(=O)Cc1ccccc1.I. The van der Waals surface area contributed by atoms with Crippen LogP contribution in [0.25, 0.3) is 0 Å². The third kappa shape index (κ3) is 9.76. The molecule has 0 aromatic heterocycles. The Balaban J connectivity index is 0.00000484. The maximum absolute atomic E-state index is 12.1. The Morgan fingerprint density at radius 3 is 2.70 bits per heavy atom. The van der Waals surface area contributed by atoms with E-state index in [2.05, 4.69) is 21.8 Å². The van der Waals surface area contributed by atoms with Crippen molar-refractivity contribution < 1.29 is 4.21 Å². The van der Waals surface area contributed by atoms with Crippen LogP contribution in [-0.4, -0.2) is 48.0 Å². The number of hydrogen-bond acceptors (Lipinski definition) is 2. The van der Waals surface area contributed by atoms with Crippen LogP contribution in [0.4, 0.5) is 0 Å². The molecule has 1 aromatic rings. The maximum Gasteiger partial charge on any atom is 0.193 e. The highest BCUT2D eigenvalue weighted by Crippen LogP contribution is 2.02. The van der Waals surface area contributed by atoms with Crippen LogP contribution >= 0.6 is 24.0 Å².